The summed E-state index contributed by atoms with van der Waals surface area (Å²) in [7, 11) is 0. The van der Waals surface area contributed by atoms with Crippen molar-refractivity contribution in [3.8, 4) is 0 Å². The molecule has 158 valence electrons. The van der Waals surface area contributed by atoms with Crippen LogP contribution < -0.4 is 0 Å². The Morgan fingerprint density at radius 3 is 2.68 bits per heavy atom. The van der Waals surface area contributed by atoms with Crippen molar-refractivity contribution in [3.63, 3.8) is 0 Å². The van der Waals surface area contributed by atoms with E-state index in [0.29, 0.717) is 0 Å². The molecule has 2 fully saturated rings. The second-order valence-corrected chi connectivity index (χ2v) is 10.0. The second-order valence-electron chi connectivity index (χ2n) is 9.05. The molecule has 2 aliphatic carbocycles. The van der Waals surface area contributed by atoms with Crippen molar-refractivity contribution in [1.82, 2.24) is 14.8 Å². The van der Waals surface area contributed by atoms with E-state index in [1.165, 1.54) is 29.8 Å². The number of aromatic nitrogens is 1. The van der Waals surface area contributed by atoms with Crippen molar-refractivity contribution in [1.29, 1.82) is 0 Å². The Morgan fingerprint density at radius 1 is 1.06 bits per heavy atom. The Hall–Kier alpha value is -2.50. The number of para-hydroxylation sites is 1. The summed E-state index contributed by atoms with van der Waals surface area (Å²) in [5, 5.41) is 3.11. The molecule has 6 rings (SSSR count). The van der Waals surface area contributed by atoms with E-state index < -0.39 is 0 Å². The van der Waals surface area contributed by atoms with Gasteiger partial charge in [0.1, 0.15) is 0 Å². The first-order chi connectivity index (χ1) is 15.3. The molecule has 1 saturated carbocycles. The van der Waals surface area contributed by atoms with Crippen LogP contribution in [0, 0.1) is 5.92 Å². The zero-order valence-electron chi connectivity index (χ0n) is 17.7. The first-order valence-electron chi connectivity index (χ1n) is 11.4. The first kappa shape index (κ1) is 19.2. The molecular formula is C26H27N3OS. The van der Waals surface area contributed by atoms with E-state index in [1.807, 2.05) is 18.2 Å². The largest absolute Gasteiger partial charge is 0.336 e. The van der Waals surface area contributed by atoms with Crippen LogP contribution in [0.4, 0.5) is 0 Å². The lowest BCUT2D eigenvalue weighted by Gasteiger charge is -2.35. The summed E-state index contributed by atoms with van der Waals surface area (Å²) in [6.07, 6.45) is 6.87. The zero-order chi connectivity index (χ0) is 20.8. The van der Waals surface area contributed by atoms with E-state index >= 15 is 0 Å². The van der Waals surface area contributed by atoms with E-state index in [1.54, 1.807) is 11.3 Å². The van der Waals surface area contributed by atoms with Gasteiger partial charge in [-0.1, -0.05) is 24.3 Å². The molecule has 3 aliphatic rings. The summed E-state index contributed by atoms with van der Waals surface area (Å²) in [6, 6.07) is 12.4. The number of thiophene rings is 1. The van der Waals surface area contributed by atoms with Gasteiger partial charge in [-0.05, 0) is 66.3 Å². The normalized spacial score (nSPS) is 20.5. The molecule has 3 aromatic rings. The molecule has 0 bridgehead atoms. The van der Waals surface area contributed by atoms with Crippen molar-refractivity contribution < 1.29 is 4.79 Å². The van der Waals surface area contributed by atoms with Gasteiger partial charge in [0, 0.05) is 43.0 Å². The number of rotatable bonds is 4. The molecule has 1 aromatic carbocycles. The van der Waals surface area contributed by atoms with Crippen LogP contribution in [-0.4, -0.2) is 53.4 Å². The maximum Gasteiger partial charge on any atom is 0.254 e. The van der Waals surface area contributed by atoms with E-state index in [-0.39, 0.29) is 5.91 Å². The Balaban J connectivity index is 1.35. The molecule has 1 amide bonds. The molecule has 0 unspecified atom stereocenters. The summed E-state index contributed by atoms with van der Waals surface area (Å²) in [5.41, 5.74) is 5.25. The number of pyridine rings is 1. The molecule has 5 heteroatoms. The second kappa shape index (κ2) is 7.88. The third kappa shape index (κ3) is 3.70. The van der Waals surface area contributed by atoms with Gasteiger partial charge >= 0.3 is 0 Å². The van der Waals surface area contributed by atoms with Crippen LogP contribution in [0.3, 0.4) is 0 Å². The van der Waals surface area contributed by atoms with E-state index in [9.17, 15) is 4.79 Å². The van der Waals surface area contributed by atoms with E-state index in [2.05, 4.69) is 39.5 Å². The lowest BCUT2D eigenvalue weighted by molar-refractivity contribution is 0.0633. The van der Waals surface area contributed by atoms with E-state index in [0.717, 1.165) is 72.7 Å². The third-order valence-corrected chi connectivity index (χ3v) is 7.71. The maximum absolute atomic E-state index is 13.8. The number of carbonyl (C=O) groups is 1. The molecule has 0 atom stereocenters. The van der Waals surface area contributed by atoms with Crippen LogP contribution in [0.2, 0.25) is 0 Å². The minimum Gasteiger partial charge on any atom is -0.336 e. The highest BCUT2D eigenvalue weighted by Gasteiger charge is 2.32. The third-order valence-electron chi connectivity index (χ3n) is 6.89. The minimum absolute atomic E-state index is 0.193. The summed E-state index contributed by atoms with van der Waals surface area (Å²) in [6.45, 7) is 4.87. The van der Waals surface area contributed by atoms with Gasteiger partial charge in [0.15, 0.2) is 0 Å². The number of allylic oxidation sites excluding steroid dienone is 1. The Labute approximate surface area is 187 Å². The van der Waals surface area contributed by atoms with Crippen LogP contribution in [0.15, 0.2) is 41.8 Å². The predicted octanol–water partition coefficient (Wildman–Crippen LogP) is 4.95. The average Bonchev–Trinajstić information content (AvgIpc) is 3.30. The van der Waals surface area contributed by atoms with Crippen LogP contribution in [0.1, 0.15) is 45.8 Å². The van der Waals surface area contributed by atoms with Crippen molar-refractivity contribution >= 4 is 39.8 Å². The van der Waals surface area contributed by atoms with Crippen LogP contribution >= 0.6 is 11.3 Å². The standard InChI is InChI=1S/C26H27N3OS/c30-26(29-13-11-28(12-14-29)17-18-7-8-18)24-21-5-1-2-6-23(21)27-25-19(9-10-22(24)25)16-20-4-3-15-31-20/h1-6,15-16,18H,7-14,17H2/b19-16-. The summed E-state index contributed by atoms with van der Waals surface area (Å²) < 4.78 is 0. The number of fused-ring (bicyclic) bond motifs is 2. The minimum atomic E-state index is 0.193. The predicted molar refractivity (Wildman–Crippen MR) is 127 cm³/mol. The quantitative estimate of drug-likeness (QED) is 0.589. The average molecular weight is 430 g/mol. The first-order valence-corrected chi connectivity index (χ1v) is 12.3. The molecule has 0 N–H and O–H groups in total. The van der Waals surface area contributed by atoms with Gasteiger partial charge < -0.3 is 4.90 Å². The summed E-state index contributed by atoms with van der Waals surface area (Å²) in [5.74, 6) is 1.10. The Kier molecular flexibility index (Phi) is 4.88. The van der Waals surface area contributed by atoms with Crippen molar-refractivity contribution in [2.75, 3.05) is 32.7 Å². The van der Waals surface area contributed by atoms with Crippen molar-refractivity contribution in [3.05, 3.63) is 63.5 Å². The van der Waals surface area contributed by atoms with E-state index in [4.69, 9.17) is 4.98 Å². The molecule has 0 spiro atoms. The number of benzene rings is 1. The summed E-state index contributed by atoms with van der Waals surface area (Å²) in [4.78, 5) is 24.7. The lowest BCUT2D eigenvalue weighted by atomic mass is 9.99. The van der Waals surface area contributed by atoms with Gasteiger partial charge in [-0.25, -0.2) is 4.98 Å². The van der Waals surface area contributed by atoms with Crippen molar-refractivity contribution in [2.24, 2.45) is 5.92 Å². The SMILES string of the molecule is O=C(c1c2c(nc3ccccc13)/C(=C\c1cccs1)CC2)N1CCN(CC2CC2)CC1. The fourth-order valence-electron chi connectivity index (χ4n) is 5.03. The van der Waals surface area contributed by atoms with Gasteiger partial charge in [0.05, 0.1) is 16.8 Å². The molecule has 4 nitrogen and oxygen atoms in total. The molecule has 1 saturated heterocycles. The molecule has 2 aromatic heterocycles. The topological polar surface area (TPSA) is 36.4 Å². The fraction of sp³-hybridized carbons (Fsp3) is 0.385. The van der Waals surface area contributed by atoms with Gasteiger partial charge in [0.25, 0.3) is 5.91 Å². The molecule has 31 heavy (non-hydrogen) atoms. The zero-order valence-corrected chi connectivity index (χ0v) is 18.5. The highest BCUT2D eigenvalue weighted by molar-refractivity contribution is 7.10. The van der Waals surface area contributed by atoms with Crippen LogP contribution in [-0.2, 0) is 6.42 Å². The van der Waals surface area contributed by atoms with Crippen LogP contribution in [0.25, 0.3) is 22.6 Å². The molecule has 0 radical (unpaired) electrons. The highest BCUT2D eigenvalue weighted by atomic mass is 32.1. The smallest absolute Gasteiger partial charge is 0.254 e. The molecular weight excluding hydrogens is 402 g/mol. The highest BCUT2D eigenvalue weighted by Crippen LogP contribution is 2.38. The van der Waals surface area contributed by atoms with Gasteiger partial charge in [-0.15, -0.1) is 11.3 Å². The number of carbonyl (C=O) groups excluding carboxylic acids is 1. The van der Waals surface area contributed by atoms with Gasteiger partial charge in [-0.3, -0.25) is 9.69 Å². The number of nitrogens with zero attached hydrogens (tertiary/aromatic N) is 3. The van der Waals surface area contributed by atoms with Gasteiger partial charge in [0.2, 0.25) is 0 Å². The molecule has 3 heterocycles. The lowest BCUT2D eigenvalue weighted by Crippen LogP contribution is -2.49. The Morgan fingerprint density at radius 2 is 1.90 bits per heavy atom. The maximum atomic E-state index is 13.8. The summed E-state index contributed by atoms with van der Waals surface area (Å²) >= 11 is 1.75. The number of amides is 1. The van der Waals surface area contributed by atoms with Gasteiger partial charge in [-0.2, -0.15) is 0 Å². The number of hydrogen-bond donors (Lipinski definition) is 0. The number of hydrogen-bond acceptors (Lipinski definition) is 4. The van der Waals surface area contributed by atoms with Crippen LogP contribution in [0.5, 0.6) is 0 Å². The molecule has 1 aliphatic heterocycles. The fourth-order valence-corrected chi connectivity index (χ4v) is 5.71. The Bertz CT molecular complexity index is 1150. The number of piperazine rings is 1. The monoisotopic (exact) mass is 429 g/mol. The van der Waals surface area contributed by atoms with Crippen molar-refractivity contribution in [2.45, 2.75) is 25.7 Å².